The summed E-state index contributed by atoms with van der Waals surface area (Å²) in [6.07, 6.45) is 0. The molecule has 15 heavy (non-hydrogen) atoms. The Kier molecular flexibility index (Phi) is 5.42. The average molecular weight is 232 g/mol. The monoisotopic (exact) mass is 232 g/mol. The molecular weight excluding hydrogens is 212 g/mol. The summed E-state index contributed by atoms with van der Waals surface area (Å²) in [4.78, 5) is 13.8. The molecule has 2 N–H and O–H groups in total. The highest BCUT2D eigenvalue weighted by Gasteiger charge is 2.23. The molecule has 0 bridgehead atoms. The molecule has 0 aromatic rings. The number of aliphatic hydroxyl groups is 1. The first kappa shape index (κ1) is 12.8. The van der Waals surface area contributed by atoms with Crippen LogP contribution in [0.25, 0.3) is 0 Å². The molecule has 5 heteroatoms. The van der Waals surface area contributed by atoms with Crippen molar-refractivity contribution in [3.05, 3.63) is 0 Å². The predicted molar refractivity (Wildman–Crippen MR) is 63.1 cm³/mol. The number of carbonyl (C=O) groups is 1. The maximum Gasteiger partial charge on any atom is 0.235 e. The van der Waals surface area contributed by atoms with Crippen LogP contribution in [-0.4, -0.2) is 59.2 Å². The normalized spacial score (nSPS) is 21.1. The lowest BCUT2D eigenvalue weighted by Gasteiger charge is -2.30. The summed E-state index contributed by atoms with van der Waals surface area (Å²) < 4.78 is 0. The molecule has 0 aromatic carbocycles. The number of rotatable bonds is 4. The Bertz CT molecular complexity index is 208. The van der Waals surface area contributed by atoms with Crippen molar-refractivity contribution < 1.29 is 9.90 Å². The van der Waals surface area contributed by atoms with Gasteiger partial charge in [-0.15, -0.1) is 11.8 Å². The van der Waals surface area contributed by atoms with Crippen LogP contribution in [0.4, 0.5) is 0 Å². The lowest BCUT2D eigenvalue weighted by molar-refractivity contribution is -0.130. The fourth-order valence-electron chi connectivity index (χ4n) is 1.59. The van der Waals surface area contributed by atoms with Gasteiger partial charge in [-0.1, -0.05) is 6.92 Å². The molecule has 2 unspecified atom stereocenters. The average Bonchev–Trinajstić information content (AvgIpc) is 2.29. The van der Waals surface area contributed by atoms with Gasteiger partial charge in [0, 0.05) is 31.4 Å². The lowest BCUT2D eigenvalue weighted by atomic mass is 10.3. The van der Waals surface area contributed by atoms with Gasteiger partial charge >= 0.3 is 0 Å². The van der Waals surface area contributed by atoms with Crippen LogP contribution in [0.5, 0.6) is 0 Å². The molecule has 1 rings (SSSR count). The topological polar surface area (TPSA) is 52.6 Å². The summed E-state index contributed by atoms with van der Waals surface area (Å²) in [6, 6.07) is 0. The molecule has 4 nitrogen and oxygen atoms in total. The Morgan fingerprint density at radius 2 is 2.07 bits per heavy atom. The molecular formula is C10H20N2O2S. The van der Waals surface area contributed by atoms with Gasteiger partial charge in [-0.2, -0.15) is 0 Å². The molecule has 1 heterocycles. The highest BCUT2D eigenvalue weighted by Crippen LogP contribution is 2.19. The van der Waals surface area contributed by atoms with Gasteiger partial charge in [0.25, 0.3) is 0 Å². The summed E-state index contributed by atoms with van der Waals surface area (Å²) in [7, 11) is 0. The van der Waals surface area contributed by atoms with Gasteiger partial charge in [-0.25, -0.2) is 0 Å². The lowest BCUT2D eigenvalue weighted by Crippen LogP contribution is -2.49. The summed E-state index contributed by atoms with van der Waals surface area (Å²) in [5, 5.41) is 12.2. The van der Waals surface area contributed by atoms with Gasteiger partial charge in [0.15, 0.2) is 0 Å². The van der Waals surface area contributed by atoms with Gasteiger partial charge < -0.3 is 15.3 Å². The van der Waals surface area contributed by atoms with E-state index >= 15 is 0 Å². The number of amides is 1. The fourth-order valence-corrected chi connectivity index (χ4v) is 2.64. The van der Waals surface area contributed by atoms with Crippen molar-refractivity contribution in [2.45, 2.75) is 24.3 Å². The van der Waals surface area contributed by atoms with Crippen LogP contribution in [-0.2, 0) is 4.79 Å². The van der Waals surface area contributed by atoms with Crippen LogP contribution in [0.3, 0.4) is 0 Å². The number of hydrogen-bond acceptors (Lipinski definition) is 4. The summed E-state index contributed by atoms with van der Waals surface area (Å²) in [6.45, 7) is 7.36. The minimum absolute atomic E-state index is 0.0507. The van der Waals surface area contributed by atoms with E-state index in [1.807, 2.05) is 18.7 Å². The van der Waals surface area contributed by atoms with Crippen LogP contribution in [0.2, 0.25) is 0 Å². The molecule has 1 aliphatic heterocycles. The Labute approximate surface area is 95.4 Å². The third-order valence-corrected chi connectivity index (χ3v) is 3.69. The molecule has 0 aliphatic carbocycles. The standard InChI is InChI=1S/C10H20N2O2S/c1-8(7-13)15-9(2)10(14)12-5-3-11-4-6-12/h8-9,11,13H,3-7H2,1-2H3. The van der Waals surface area contributed by atoms with E-state index in [2.05, 4.69) is 5.32 Å². The Morgan fingerprint density at radius 3 is 2.60 bits per heavy atom. The van der Waals surface area contributed by atoms with E-state index in [9.17, 15) is 4.79 Å². The van der Waals surface area contributed by atoms with Crippen molar-refractivity contribution >= 4 is 17.7 Å². The first-order valence-corrected chi connectivity index (χ1v) is 6.35. The molecule has 88 valence electrons. The first-order valence-electron chi connectivity index (χ1n) is 5.41. The van der Waals surface area contributed by atoms with E-state index in [0.717, 1.165) is 26.2 Å². The predicted octanol–water partition coefficient (Wildman–Crippen LogP) is -0.0793. The zero-order chi connectivity index (χ0) is 11.3. The minimum atomic E-state index is -0.0507. The highest BCUT2D eigenvalue weighted by atomic mass is 32.2. The quantitative estimate of drug-likeness (QED) is 0.712. The zero-order valence-corrected chi connectivity index (χ0v) is 10.2. The second kappa shape index (κ2) is 6.35. The maximum absolute atomic E-state index is 11.9. The number of carbonyl (C=O) groups excluding carboxylic acids is 1. The second-order valence-corrected chi connectivity index (χ2v) is 5.63. The van der Waals surface area contributed by atoms with Gasteiger partial charge in [0.05, 0.1) is 11.9 Å². The number of nitrogens with one attached hydrogen (secondary N) is 1. The Hall–Kier alpha value is -0.260. The molecule has 1 saturated heterocycles. The van der Waals surface area contributed by atoms with Crippen LogP contribution >= 0.6 is 11.8 Å². The van der Waals surface area contributed by atoms with Gasteiger partial charge in [0.1, 0.15) is 0 Å². The van der Waals surface area contributed by atoms with Crippen LogP contribution in [0.15, 0.2) is 0 Å². The summed E-state index contributed by atoms with van der Waals surface area (Å²) in [5.74, 6) is 0.196. The number of aliphatic hydroxyl groups excluding tert-OH is 1. The molecule has 1 amide bonds. The zero-order valence-electron chi connectivity index (χ0n) is 9.40. The molecule has 1 fully saturated rings. The van der Waals surface area contributed by atoms with Gasteiger partial charge in [-0.3, -0.25) is 4.79 Å². The molecule has 0 saturated carbocycles. The van der Waals surface area contributed by atoms with Crippen molar-refractivity contribution in [2.24, 2.45) is 0 Å². The Balaban J connectivity index is 2.37. The minimum Gasteiger partial charge on any atom is -0.395 e. The van der Waals surface area contributed by atoms with Crippen molar-refractivity contribution in [3.8, 4) is 0 Å². The molecule has 0 radical (unpaired) electrons. The molecule has 1 aliphatic rings. The third kappa shape index (κ3) is 4.01. The van der Waals surface area contributed by atoms with Crippen molar-refractivity contribution in [2.75, 3.05) is 32.8 Å². The summed E-state index contributed by atoms with van der Waals surface area (Å²) >= 11 is 1.54. The van der Waals surface area contributed by atoms with Crippen LogP contribution in [0, 0.1) is 0 Å². The SMILES string of the molecule is CC(CO)SC(C)C(=O)N1CCNCC1. The van der Waals surface area contributed by atoms with E-state index in [-0.39, 0.29) is 23.0 Å². The van der Waals surface area contributed by atoms with E-state index in [0.29, 0.717) is 0 Å². The smallest absolute Gasteiger partial charge is 0.235 e. The molecule has 0 aromatic heterocycles. The first-order chi connectivity index (χ1) is 7.15. The highest BCUT2D eigenvalue weighted by molar-refractivity contribution is 8.01. The maximum atomic E-state index is 11.9. The van der Waals surface area contributed by atoms with E-state index in [4.69, 9.17) is 5.11 Å². The number of nitrogens with zero attached hydrogens (tertiary/aromatic N) is 1. The number of piperazine rings is 1. The number of hydrogen-bond donors (Lipinski definition) is 2. The van der Waals surface area contributed by atoms with Crippen molar-refractivity contribution in [1.82, 2.24) is 10.2 Å². The molecule has 2 atom stereocenters. The van der Waals surface area contributed by atoms with Crippen LogP contribution < -0.4 is 5.32 Å². The van der Waals surface area contributed by atoms with Crippen LogP contribution in [0.1, 0.15) is 13.8 Å². The second-order valence-electron chi connectivity index (χ2n) is 3.85. The largest absolute Gasteiger partial charge is 0.395 e. The number of thioether (sulfide) groups is 1. The third-order valence-electron chi connectivity index (χ3n) is 2.47. The van der Waals surface area contributed by atoms with E-state index in [1.54, 1.807) is 0 Å². The summed E-state index contributed by atoms with van der Waals surface area (Å²) in [5.41, 5.74) is 0. The van der Waals surface area contributed by atoms with Crippen molar-refractivity contribution in [3.63, 3.8) is 0 Å². The fraction of sp³-hybridized carbons (Fsp3) is 0.900. The van der Waals surface area contributed by atoms with Gasteiger partial charge in [0.2, 0.25) is 5.91 Å². The Morgan fingerprint density at radius 1 is 1.47 bits per heavy atom. The molecule has 0 spiro atoms. The van der Waals surface area contributed by atoms with E-state index < -0.39 is 0 Å². The van der Waals surface area contributed by atoms with E-state index in [1.165, 1.54) is 11.8 Å². The van der Waals surface area contributed by atoms with Gasteiger partial charge in [-0.05, 0) is 6.92 Å². The van der Waals surface area contributed by atoms with Crippen molar-refractivity contribution in [1.29, 1.82) is 0 Å².